The number of aliphatic hydroxyl groups excluding tert-OH is 2. The molecule has 0 aromatic carbocycles. The van der Waals surface area contributed by atoms with Crippen LogP contribution in [0, 0.1) is 0 Å². The summed E-state index contributed by atoms with van der Waals surface area (Å²) < 4.78 is 0. The smallest absolute Gasteiger partial charge is 0.220 e. The maximum absolute atomic E-state index is 10.8. The van der Waals surface area contributed by atoms with Gasteiger partial charge in [0.05, 0.1) is 12.7 Å². The first kappa shape index (κ1) is 10.4. The fourth-order valence-corrected chi connectivity index (χ4v) is 0.612. The number of aliphatic hydroxyl groups is 2. The minimum atomic E-state index is -0.837. The lowest BCUT2D eigenvalue weighted by molar-refractivity contribution is -0.121. The van der Waals surface area contributed by atoms with Crippen molar-refractivity contribution in [2.75, 3.05) is 13.2 Å². The van der Waals surface area contributed by atoms with Crippen molar-refractivity contribution in [2.45, 2.75) is 25.9 Å². The molecule has 1 unspecified atom stereocenters. The van der Waals surface area contributed by atoms with Gasteiger partial charge in [-0.2, -0.15) is 0 Å². The number of hydrogen-bond acceptors (Lipinski definition) is 3. The van der Waals surface area contributed by atoms with E-state index in [-0.39, 0.29) is 19.1 Å². The number of carbonyl (C=O) groups excluding carboxylic acids is 1. The van der Waals surface area contributed by atoms with Gasteiger partial charge in [0.15, 0.2) is 0 Å². The molecule has 0 fully saturated rings. The molecule has 11 heavy (non-hydrogen) atoms. The third-order valence-electron chi connectivity index (χ3n) is 1.22. The largest absolute Gasteiger partial charge is 0.394 e. The fourth-order valence-electron chi connectivity index (χ4n) is 0.612. The molecule has 0 spiro atoms. The number of hydrogen-bond donors (Lipinski definition) is 3. The Kier molecular flexibility index (Phi) is 5.78. The molecule has 0 aliphatic rings. The molecule has 0 heterocycles. The van der Waals surface area contributed by atoms with Crippen LogP contribution in [0.1, 0.15) is 19.8 Å². The summed E-state index contributed by atoms with van der Waals surface area (Å²) in [5.41, 5.74) is 0. The molecule has 0 aromatic rings. The van der Waals surface area contributed by atoms with Crippen LogP contribution in [-0.2, 0) is 4.79 Å². The average Bonchev–Trinajstić information content (AvgIpc) is 2.01. The predicted molar refractivity (Wildman–Crippen MR) is 41.0 cm³/mol. The highest BCUT2D eigenvalue weighted by molar-refractivity contribution is 5.75. The molecule has 0 aromatic heterocycles. The molecule has 3 N–H and O–H groups in total. The van der Waals surface area contributed by atoms with Crippen LogP contribution < -0.4 is 5.32 Å². The van der Waals surface area contributed by atoms with Gasteiger partial charge in [-0.25, -0.2) is 0 Å². The lowest BCUT2D eigenvalue weighted by Crippen LogP contribution is -2.33. The normalized spacial score (nSPS) is 12.6. The molecule has 0 radical (unpaired) electrons. The number of rotatable bonds is 5. The second-order valence-corrected chi connectivity index (χ2v) is 2.39. The number of carbonyl (C=O) groups is 1. The van der Waals surface area contributed by atoms with Crippen LogP contribution in [0.4, 0.5) is 0 Å². The second kappa shape index (κ2) is 6.12. The highest BCUT2D eigenvalue weighted by Gasteiger charge is 2.03. The molecule has 0 saturated carbocycles. The van der Waals surface area contributed by atoms with Crippen LogP contribution in [0.5, 0.6) is 0 Å². The van der Waals surface area contributed by atoms with E-state index in [0.717, 1.165) is 6.42 Å². The molecule has 4 heteroatoms. The summed E-state index contributed by atoms with van der Waals surface area (Å²) >= 11 is 0. The van der Waals surface area contributed by atoms with Gasteiger partial charge in [0.2, 0.25) is 5.91 Å². The maximum atomic E-state index is 10.8. The highest BCUT2D eigenvalue weighted by atomic mass is 16.3. The van der Waals surface area contributed by atoms with Crippen molar-refractivity contribution in [1.29, 1.82) is 0 Å². The van der Waals surface area contributed by atoms with Gasteiger partial charge in [0, 0.05) is 13.0 Å². The minimum Gasteiger partial charge on any atom is -0.394 e. The van der Waals surface area contributed by atoms with Crippen molar-refractivity contribution >= 4 is 5.91 Å². The Morgan fingerprint density at radius 2 is 2.27 bits per heavy atom. The summed E-state index contributed by atoms with van der Waals surface area (Å²) in [5, 5.41) is 19.7. The van der Waals surface area contributed by atoms with Gasteiger partial charge < -0.3 is 15.5 Å². The molecule has 0 bridgehead atoms. The monoisotopic (exact) mass is 161 g/mol. The van der Waals surface area contributed by atoms with Crippen LogP contribution in [0.25, 0.3) is 0 Å². The van der Waals surface area contributed by atoms with Crippen molar-refractivity contribution < 1.29 is 15.0 Å². The van der Waals surface area contributed by atoms with Crippen LogP contribution in [0.2, 0.25) is 0 Å². The van der Waals surface area contributed by atoms with Gasteiger partial charge in [-0.15, -0.1) is 0 Å². The Labute approximate surface area is 66.2 Å². The zero-order chi connectivity index (χ0) is 8.69. The second-order valence-electron chi connectivity index (χ2n) is 2.39. The Morgan fingerprint density at radius 3 is 2.73 bits per heavy atom. The van der Waals surface area contributed by atoms with Gasteiger partial charge in [0.1, 0.15) is 0 Å². The molecule has 66 valence electrons. The third kappa shape index (κ3) is 5.82. The Bertz CT molecular complexity index is 116. The topological polar surface area (TPSA) is 69.6 Å². The summed E-state index contributed by atoms with van der Waals surface area (Å²) in [6, 6.07) is 0. The van der Waals surface area contributed by atoms with E-state index < -0.39 is 6.10 Å². The van der Waals surface area contributed by atoms with Gasteiger partial charge in [0.25, 0.3) is 0 Å². The molecular formula is C7H15NO3. The first-order chi connectivity index (χ1) is 5.20. The lowest BCUT2D eigenvalue weighted by atomic mass is 10.3. The predicted octanol–water partition coefficient (Wildman–Crippen LogP) is -0.744. The minimum absolute atomic E-state index is 0.0833. The Hall–Kier alpha value is -0.610. The molecule has 1 amide bonds. The van der Waals surface area contributed by atoms with Crippen LogP contribution in [0.15, 0.2) is 0 Å². The summed E-state index contributed by atoms with van der Waals surface area (Å²) in [5.74, 6) is -0.0833. The van der Waals surface area contributed by atoms with Crippen molar-refractivity contribution in [3.05, 3.63) is 0 Å². The lowest BCUT2D eigenvalue weighted by Gasteiger charge is -2.07. The Morgan fingerprint density at radius 1 is 1.64 bits per heavy atom. The van der Waals surface area contributed by atoms with E-state index in [1.54, 1.807) is 0 Å². The standard InChI is InChI=1S/C7H15NO3/c1-2-3-7(11)8-4-6(10)5-9/h6,9-10H,2-5H2,1H3,(H,8,11). The third-order valence-corrected chi connectivity index (χ3v) is 1.22. The summed E-state index contributed by atoms with van der Waals surface area (Å²) in [6.45, 7) is 1.73. The first-order valence-corrected chi connectivity index (χ1v) is 3.76. The molecule has 0 saturated heterocycles. The number of nitrogens with one attached hydrogen (secondary N) is 1. The molecule has 0 rings (SSSR count). The summed E-state index contributed by atoms with van der Waals surface area (Å²) in [7, 11) is 0. The molecule has 0 aliphatic heterocycles. The van der Waals surface area contributed by atoms with E-state index in [4.69, 9.17) is 10.2 Å². The van der Waals surface area contributed by atoms with E-state index in [0.29, 0.717) is 6.42 Å². The van der Waals surface area contributed by atoms with Crippen LogP contribution >= 0.6 is 0 Å². The summed E-state index contributed by atoms with van der Waals surface area (Å²) in [6.07, 6.45) is 0.426. The Balaban J connectivity index is 3.30. The van der Waals surface area contributed by atoms with Gasteiger partial charge >= 0.3 is 0 Å². The first-order valence-electron chi connectivity index (χ1n) is 3.76. The van der Waals surface area contributed by atoms with Crippen molar-refractivity contribution in [2.24, 2.45) is 0 Å². The van der Waals surface area contributed by atoms with Gasteiger partial charge in [-0.3, -0.25) is 4.79 Å². The molecular weight excluding hydrogens is 146 g/mol. The van der Waals surface area contributed by atoms with E-state index >= 15 is 0 Å². The molecule has 0 aliphatic carbocycles. The SMILES string of the molecule is CCCC(=O)NCC(O)CO. The van der Waals surface area contributed by atoms with Crippen molar-refractivity contribution in [3.63, 3.8) is 0 Å². The van der Waals surface area contributed by atoms with Gasteiger partial charge in [-0.05, 0) is 6.42 Å². The zero-order valence-electron chi connectivity index (χ0n) is 6.71. The molecule has 4 nitrogen and oxygen atoms in total. The highest BCUT2D eigenvalue weighted by Crippen LogP contribution is 1.85. The quantitative estimate of drug-likeness (QED) is 0.497. The zero-order valence-corrected chi connectivity index (χ0v) is 6.71. The van der Waals surface area contributed by atoms with Crippen LogP contribution in [-0.4, -0.2) is 35.4 Å². The number of amides is 1. The fraction of sp³-hybridized carbons (Fsp3) is 0.857. The molecule has 1 atom stereocenters. The van der Waals surface area contributed by atoms with E-state index in [9.17, 15) is 4.79 Å². The summed E-state index contributed by atoms with van der Waals surface area (Å²) in [4.78, 5) is 10.8. The van der Waals surface area contributed by atoms with Gasteiger partial charge in [-0.1, -0.05) is 6.92 Å². The van der Waals surface area contributed by atoms with Crippen molar-refractivity contribution in [1.82, 2.24) is 5.32 Å². The average molecular weight is 161 g/mol. The van der Waals surface area contributed by atoms with Crippen LogP contribution in [0.3, 0.4) is 0 Å². The van der Waals surface area contributed by atoms with E-state index in [1.807, 2.05) is 6.92 Å². The van der Waals surface area contributed by atoms with E-state index in [1.165, 1.54) is 0 Å². The van der Waals surface area contributed by atoms with Crippen molar-refractivity contribution in [3.8, 4) is 0 Å². The maximum Gasteiger partial charge on any atom is 0.220 e. The van der Waals surface area contributed by atoms with E-state index in [2.05, 4.69) is 5.32 Å².